The van der Waals surface area contributed by atoms with E-state index in [1.807, 2.05) is 0 Å². The Hall–Kier alpha value is -2.65. The van der Waals surface area contributed by atoms with Crippen molar-refractivity contribution >= 4 is 16.0 Å². The van der Waals surface area contributed by atoms with Gasteiger partial charge >= 0.3 is 5.97 Å². The first kappa shape index (κ1) is 20.1. The highest BCUT2D eigenvalue weighted by molar-refractivity contribution is 7.89. The Morgan fingerprint density at radius 1 is 1.18 bits per heavy atom. The van der Waals surface area contributed by atoms with Gasteiger partial charge in [-0.3, -0.25) is 4.79 Å². The molecule has 1 aromatic carbocycles. The highest BCUT2D eigenvalue weighted by Gasteiger charge is 2.33. The first-order chi connectivity index (χ1) is 13.2. The fourth-order valence-electron chi connectivity index (χ4n) is 3.04. The van der Waals surface area contributed by atoms with Crippen molar-refractivity contribution in [1.29, 1.82) is 0 Å². The largest absolute Gasteiger partial charge is 0.489 e. The maximum Gasteiger partial charge on any atom is 0.337 e. The van der Waals surface area contributed by atoms with Gasteiger partial charge in [0.2, 0.25) is 10.0 Å². The molecule has 28 heavy (non-hydrogen) atoms. The SMILES string of the molecule is COC(=O)c1ccc(S(=O)(=O)N2CCC(Oc3cc(C)n(C)c(=O)c3)C2)cc1. The van der Waals surface area contributed by atoms with Gasteiger partial charge < -0.3 is 14.0 Å². The fourth-order valence-corrected chi connectivity index (χ4v) is 4.53. The van der Waals surface area contributed by atoms with E-state index >= 15 is 0 Å². The molecule has 1 atom stereocenters. The Morgan fingerprint density at radius 2 is 1.86 bits per heavy atom. The van der Waals surface area contributed by atoms with Gasteiger partial charge in [-0.1, -0.05) is 0 Å². The summed E-state index contributed by atoms with van der Waals surface area (Å²) in [5.41, 5.74) is 0.865. The van der Waals surface area contributed by atoms with E-state index in [0.717, 1.165) is 5.69 Å². The van der Waals surface area contributed by atoms with E-state index in [2.05, 4.69) is 4.74 Å². The summed E-state index contributed by atoms with van der Waals surface area (Å²) in [4.78, 5) is 23.5. The summed E-state index contributed by atoms with van der Waals surface area (Å²) >= 11 is 0. The predicted octanol–water partition coefficient (Wildman–Crippen LogP) is 1.32. The van der Waals surface area contributed by atoms with Gasteiger partial charge in [-0.2, -0.15) is 4.31 Å². The first-order valence-electron chi connectivity index (χ1n) is 8.75. The number of sulfonamides is 1. The maximum atomic E-state index is 12.8. The van der Waals surface area contributed by atoms with Crippen LogP contribution in [0.15, 0.2) is 46.1 Å². The van der Waals surface area contributed by atoms with E-state index in [1.54, 1.807) is 20.0 Å². The zero-order valence-electron chi connectivity index (χ0n) is 15.9. The average Bonchev–Trinajstić information content (AvgIpc) is 3.15. The molecule has 1 aromatic heterocycles. The maximum absolute atomic E-state index is 12.8. The molecule has 3 rings (SSSR count). The predicted molar refractivity (Wildman–Crippen MR) is 102 cm³/mol. The number of carbonyl (C=O) groups is 1. The lowest BCUT2D eigenvalue weighted by Gasteiger charge is -2.18. The van der Waals surface area contributed by atoms with Crippen LogP contribution in [0.5, 0.6) is 5.75 Å². The van der Waals surface area contributed by atoms with Crippen molar-refractivity contribution < 1.29 is 22.7 Å². The quantitative estimate of drug-likeness (QED) is 0.695. The number of ether oxygens (including phenoxy) is 2. The first-order valence-corrected chi connectivity index (χ1v) is 10.2. The number of esters is 1. The van der Waals surface area contributed by atoms with Crippen LogP contribution in [0.3, 0.4) is 0 Å². The van der Waals surface area contributed by atoms with Gasteiger partial charge in [-0.25, -0.2) is 13.2 Å². The Bertz CT molecular complexity index is 1040. The second-order valence-corrected chi connectivity index (χ2v) is 8.58. The summed E-state index contributed by atoms with van der Waals surface area (Å²) in [6.07, 6.45) is 0.184. The molecule has 0 aliphatic carbocycles. The van der Waals surface area contributed by atoms with Crippen LogP contribution in [0, 0.1) is 6.92 Å². The molecule has 0 spiro atoms. The van der Waals surface area contributed by atoms with Crippen molar-refractivity contribution in [2.75, 3.05) is 20.2 Å². The van der Waals surface area contributed by atoms with Crippen molar-refractivity contribution in [3.05, 3.63) is 58.0 Å². The number of nitrogens with zero attached hydrogens (tertiary/aromatic N) is 2. The van der Waals surface area contributed by atoms with E-state index in [-0.39, 0.29) is 28.7 Å². The highest BCUT2D eigenvalue weighted by atomic mass is 32.2. The number of carbonyl (C=O) groups excluding carboxylic acids is 1. The summed E-state index contributed by atoms with van der Waals surface area (Å²) in [6.45, 7) is 2.31. The summed E-state index contributed by atoms with van der Waals surface area (Å²) in [6, 6.07) is 8.77. The lowest BCUT2D eigenvalue weighted by molar-refractivity contribution is 0.0600. The van der Waals surface area contributed by atoms with Gasteiger partial charge in [0.25, 0.3) is 5.56 Å². The monoisotopic (exact) mass is 406 g/mol. The number of aromatic nitrogens is 1. The van der Waals surface area contributed by atoms with Crippen molar-refractivity contribution in [2.45, 2.75) is 24.3 Å². The molecule has 150 valence electrons. The summed E-state index contributed by atoms with van der Waals surface area (Å²) in [7, 11) is -0.758. The molecule has 0 N–H and O–H groups in total. The van der Waals surface area contributed by atoms with Crippen LogP contribution < -0.4 is 10.3 Å². The summed E-state index contributed by atoms with van der Waals surface area (Å²) < 4.78 is 39.0. The lowest BCUT2D eigenvalue weighted by Crippen LogP contribution is -2.31. The number of rotatable bonds is 5. The van der Waals surface area contributed by atoms with E-state index in [9.17, 15) is 18.0 Å². The van der Waals surface area contributed by atoms with Crippen LogP contribution in [0.4, 0.5) is 0 Å². The van der Waals surface area contributed by atoms with Crippen LogP contribution in [0.2, 0.25) is 0 Å². The van der Waals surface area contributed by atoms with E-state index in [0.29, 0.717) is 18.7 Å². The molecule has 1 aliphatic heterocycles. The van der Waals surface area contributed by atoms with E-state index in [1.165, 1.54) is 46.3 Å². The van der Waals surface area contributed by atoms with Gasteiger partial charge in [0.1, 0.15) is 11.9 Å². The van der Waals surface area contributed by atoms with Gasteiger partial charge in [0.05, 0.1) is 24.1 Å². The topological polar surface area (TPSA) is 94.9 Å². The van der Waals surface area contributed by atoms with Crippen LogP contribution in [-0.4, -0.2) is 49.6 Å². The van der Waals surface area contributed by atoms with Crippen LogP contribution in [0.25, 0.3) is 0 Å². The molecule has 1 saturated heterocycles. The second kappa shape index (κ2) is 7.76. The molecule has 1 aliphatic rings. The van der Waals surface area contributed by atoms with Crippen molar-refractivity contribution in [3.63, 3.8) is 0 Å². The van der Waals surface area contributed by atoms with Crippen LogP contribution >= 0.6 is 0 Å². The molecule has 1 unspecified atom stereocenters. The average molecular weight is 406 g/mol. The van der Waals surface area contributed by atoms with E-state index in [4.69, 9.17) is 4.74 Å². The third-order valence-electron chi connectivity index (χ3n) is 4.80. The molecule has 9 heteroatoms. The lowest BCUT2D eigenvalue weighted by atomic mass is 10.2. The standard InChI is InChI=1S/C19H22N2O6S/c1-13-10-16(11-18(22)20(13)2)27-15-8-9-21(12-15)28(24,25)17-6-4-14(5-7-17)19(23)26-3/h4-7,10-11,15H,8-9,12H2,1-3H3. The number of pyridine rings is 1. The molecule has 1 fully saturated rings. The summed E-state index contributed by atoms with van der Waals surface area (Å²) in [5.74, 6) is -0.0878. The molecule has 0 bridgehead atoms. The van der Waals surface area contributed by atoms with E-state index < -0.39 is 16.0 Å². The number of hydrogen-bond acceptors (Lipinski definition) is 6. The van der Waals surface area contributed by atoms with Crippen LogP contribution in [-0.2, 0) is 21.8 Å². The number of hydrogen-bond donors (Lipinski definition) is 0. The van der Waals surface area contributed by atoms with Crippen molar-refractivity contribution in [2.24, 2.45) is 7.05 Å². The molecular formula is C19H22N2O6S. The Morgan fingerprint density at radius 3 is 2.46 bits per heavy atom. The molecule has 0 amide bonds. The van der Waals surface area contributed by atoms with Crippen molar-refractivity contribution in [3.8, 4) is 5.75 Å². The minimum Gasteiger partial charge on any atom is -0.489 e. The zero-order chi connectivity index (χ0) is 20.5. The third kappa shape index (κ3) is 3.95. The number of aryl methyl sites for hydroxylation is 1. The smallest absolute Gasteiger partial charge is 0.337 e. The number of benzene rings is 1. The fraction of sp³-hybridized carbons (Fsp3) is 0.368. The Labute approximate surface area is 163 Å². The molecule has 2 aromatic rings. The van der Waals surface area contributed by atoms with Gasteiger partial charge in [0.15, 0.2) is 0 Å². The Kier molecular flexibility index (Phi) is 5.57. The minimum absolute atomic E-state index is 0.102. The second-order valence-electron chi connectivity index (χ2n) is 6.64. The van der Waals surface area contributed by atoms with Gasteiger partial charge in [-0.15, -0.1) is 0 Å². The van der Waals surface area contributed by atoms with Crippen molar-refractivity contribution in [1.82, 2.24) is 8.87 Å². The molecule has 2 heterocycles. The van der Waals surface area contributed by atoms with Gasteiger partial charge in [-0.05, 0) is 43.7 Å². The van der Waals surface area contributed by atoms with Gasteiger partial charge in [0, 0.05) is 25.4 Å². The zero-order valence-corrected chi connectivity index (χ0v) is 16.7. The third-order valence-corrected chi connectivity index (χ3v) is 6.68. The van der Waals surface area contributed by atoms with Crippen LogP contribution in [0.1, 0.15) is 22.5 Å². The molecule has 8 nitrogen and oxygen atoms in total. The molecule has 0 saturated carbocycles. The molecular weight excluding hydrogens is 384 g/mol. The Balaban J connectivity index is 1.72. The summed E-state index contributed by atoms with van der Waals surface area (Å²) in [5, 5.41) is 0. The normalized spacial score (nSPS) is 17.5. The highest BCUT2D eigenvalue weighted by Crippen LogP contribution is 2.24. The minimum atomic E-state index is -3.70. The molecule has 0 radical (unpaired) electrons. The number of methoxy groups -OCH3 is 1.